The molecule has 1 aliphatic rings. The first-order valence-corrected chi connectivity index (χ1v) is 8.04. The average Bonchev–Trinajstić information content (AvgIpc) is 3.08. The quantitative estimate of drug-likeness (QED) is 0.853. The topological polar surface area (TPSA) is 35.2 Å². The lowest BCUT2D eigenvalue weighted by Gasteiger charge is -2.30. The second-order valence-electron chi connectivity index (χ2n) is 6.65. The van der Waals surface area contributed by atoms with Crippen molar-refractivity contribution in [1.29, 1.82) is 0 Å². The second-order valence-corrected chi connectivity index (χ2v) is 8.19. The number of aryl methyl sites for hydroxylation is 1. The molecule has 0 amide bonds. The zero-order valence-electron chi connectivity index (χ0n) is 13.5. The van der Waals surface area contributed by atoms with Crippen LogP contribution in [0, 0.1) is 24.5 Å². The number of methoxy groups -OCH3 is 1. The minimum atomic E-state index is -0.794. The third-order valence-corrected chi connectivity index (χ3v) is 5.72. The zero-order valence-corrected chi connectivity index (χ0v) is 14.3. The van der Waals surface area contributed by atoms with Crippen LogP contribution in [0.1, 0.15) is 31.4 Å². The number of benzene rings is 1. The van der Waals surface area contributed by atoms with Crippen molar-refractivity contribution >= 4 is 11.8 Å². The van der Waals surface area contributed by atoms with Crippen LogP contribution in [0.5, 0.6) is 0 Å². The van der Waals surface area contributed by atoms with Gasteiger partial charge in [0, 0.05) is 11.9 Å². The molecule has 1 aromatic carbocycles. The van der Waals surface area contributed by atoms with Crippen molar-refractivity contribution in [3.8, 4) is 0 Å². The van der Waals surface area contributed by atoms with E-state index >= 15 is 0 Å². The van der Waals surface area contributed by atoms with Gasteiger partial charge in [0.2, 0.25) is 0 Å². The van der Waals surface area contributed by atoms with Crippen LogP contribution in [0.25, 0.3) is 0 Å². The SMILES string of the molecule is C=C(N)S[C@@]1(COC)CC1C(C)(C)c1cc(C)cc(F)c1F. The molecule has 0 radical (unpaired) electrons. The zero-order chi connectivity index (χ0) is 16.7. The first-order valence-electron chi connectivity index (χ1n) is 7.22. The molecule has 22 heavy (non-hydrogen) atoms. The van der Waals surface area contributed by atoms with E-state index in [2.05, 4.69) is 6.58 Å². The van der Waals surface area contributed by atoms with Gasteiger partial charge < -0.3 is 10.5 Å². The van der Waals surface area contributed by atoms with E-state index in [4.69, 9.17) is 10.5 Å². The largest absolute Gasteiger partial charge is 0.394 e. The van der Waals surface area contributed by atoms with Gasteiger partial charge in [0.1, 0.15) is 0 Å². The highest BCUT2D eigenvalue weighted by Crippen LogP contribution is 2.63. The Labute approximate surface area is 135 Å². The fourth-order valence-electron chi connectivity index (χ4n) is 3.39. The Hall–Kier alpha value is -1.07. The van der Waals surface area contributed by atoms with E-state index in [1.807, 2.05) is 13.8 Å². The van der Waals surface area contributed by atoms with E-state index in [9.17, 15) is 8.78 Å². The summed E-state index contributed by atoms with van der Waals surface area (Å²) in [7, 11) is 1.64. The fourth-order valence-corrected chi connectivity index (χ4v) is 4.77. The minimum Gasteiger partial charge on any atom is -0.394 e. The molecule has 1 aromatic rings. The monoisotopic (exact) mass is 327 g/mol. The number of thioether (sulfide) groups is 1. The molecule has 0 aliphatic heterocycles. The molecule has 2 atom stereocenters. The Kier molecular flexibility index (Phi) is 4.60. The maximum Gasteiger partial charge on any atom is 0.162 e. The number of rotatable bonds is 6. The Morgan fingerprint density at radius 1 is 1.50 bits per heavy atom. The molecule has 0 bridgehead atoms. The summed E-state index contributed by atoms with van der Waals surface area (Å²) in [4.78, 5) is 0. The summed E-state index contributed by atoms with van der Waals surface area (Å²) in [6.07, 6.45) is 0.837. The molecular weight excluding hydrogens is 304 g/mol. The lowest BCUT2D eigenvalue weighted by Crippen LogP contribution is -2.30. The van der Waals surface area contributed by atoms with Crippen molar-refractivity contribution in [3.63, 3.8) is 0 Å². The molecule has 5 heteroatoms. The van der Waals surface area contributed by atoms with Crippen LogP contribution in [0.4, 0.5) is 8.78 Å². The first kappa shape index (κ1) is 17.3. The molecule has 2 nitrogen and oxygen atoms in total. The maximum absolute atomic E-state index is 14.3. The molecule has 1 fully saturated rings. The van der Waals surface area contributed by atoms with Crippen molar-refractivity contribution < 1.29 is 13.5 Å². The van der Waals surface area contributed by atoms with Gasteiger partial charge in [-0.3, -0.25) is 0 Å². The smallest absolute Gasteiger partial charge is 0.162 e. The Morgan fingerprint density at radius 3 is 2.68 bits per heavy atom. The highest BCUT2D eigenvalue weighted by molar-refractivity contribution is 8.04. The van der Waals surface area contributed by atoms with Gasteiger partial charge in [0.05, 0.1) is 11.6 Å². The van der Waals surface area contributed by atoms with Gasteiger partial charge in [-0.25, -0.2) is 8.78 Å². The molecule has 1 saturated carbocycles. The van der Waals surface area contributed by atoms with E-state index in [0.717, 1.165) is 12.0 Å². The standard InChI is InChI=1S/C17H23F2NOS/c1-10-6-12(15(19)13(18)7-10)16(3,4)14-8-17(14,9-21-5)22-11(2)20/h6-7,14H,2,8-9,20H2,1,3-5H3/t14?,17-/m1/s1. The van der Waals surface area contributed by atoms with Crippen molar-refractivity contribution in [3.05, 3.63) is 46.5 Å². The van der Waals surface area contributed by atoms with Crippen LogP contribution < -0.4 is 5.73 Å². The minimum absolute atomic E-state index is 0.140. The molecule has 2 N–H and O–H groups in total. The van der Waals surface area contributed by atoms with E-state index in [-0.39, 0.29) is 10.7 Å². The molecular formula is C17H23F2NOS. The van der Waals surface area contributed by atoms with Crippen LogP contribution in [-0.4, -0.2) is 18.5 Å². The number of halogens is 2. The average molecular weight is 327 g/mol. The van der Waals surface area contributed by atoms with Crippen LogP contribution >= 0.6 is 11.8 Å². The molecule has 0 aromatic heterocycles. The van der Waals surface area contributed by atoms with E-state index < -0.39 is 17.0 Å². The molecule has 122 valence electrons. The lowest BCUT2D eigenvalue weighted by atomic mass is 9.78. The first-order chi connectivity index (χ1) is 10.1. The predicted molar refractivity (Wildman–Crippen MR) is 87.8 cm³/mol. The molecule has 0 heterocycles. The van der Waals surface area contributed by atoms with Crippen LogP contribution in [0.15, 0.2) is 23.7 Å². The summed E-state index contributed by atoms with van der Waals surface area (Å²) in [5.41, 5.74) is 6.37. The highest BCUT2D eigenvalue weighted by atomic mass is 32.2. The van der Waals surface area contributed by atoms with E-state index in [0.29, 0.717) is 17.2 Å². The summed E-state index contributed by atoms with van der Waals surface area (Å²) >= 11 is 1.48. The van der Waals surface area contributed by atoms with Crippen molar-refractivity contribution in [2.24, 2.45) is 11.7 Å². The summed E-state index contributed by atoms with van der Waals surface area (Å²) < 4.78 is 33.2. The van der Waals surface area contributed by atoms with E-state index in [1.165, 1.54) is 17.8 Å². The van der Waals surface area contributed by atoms with Crippen LogP contribution in [0.3, 0.4) is 0 Å². The van der Waals surface area contributed by atoms with Gasteiger partial charge in [-0.05, 0) is 41.9 Å². The van der Waals surface area contributed by atoms with E-state index in [1.54, 1.807) is 20.1 Å². The second kappa shape index (κ2) is 5.85. The molecule has 0 spiro atoms. The summed E-state index contributed by atoms with van der Waals surface area (Å²) in [5, 5.41) is 0.520. The van der Waals surface area contributed by atoms with Gasteiger partial charge in [0.15, 0.2) is 11.6 Å². The number of ether oxygens (including phenoxy) is 1. The number of hydrogen-bond donors (Lipinski definition) is 1. The van der Waals surface area contributed by atoms with Crippen LogP contribution in [-0.2, 0) is 10.2 Å². The molecule has 1 unspecified atom stereocenters. The third-order valence-electron chi connectivity index (χ3n) is 4.49. The van der Waals surface area contributed by atoms with Gasteiger partial charge in [0.25, 0.3) is 0 Å². The van der Waals surface area contributed by atoms with Gasteiger partial charge in [-0.2, -0.15) is 0 Å². The molecule has 0 saturated heterocycles. The molecule has 1 aliphatic carbocycles. The predicted octanol–water partition coefficient (Wildman–Crippen LogP) is 4.12. The highest BCUT2D eigenvalue weighted by Gasteiger charge is 2.62. The van der Waals surface area contributed by atoms with Crippen LogP contribution in [0.2, 0.25) is 0 Å². The third kappa shape index (κ3) is 3.01. The number of hydrogen-bond acceptors (Lipinski definition) is 3. The lowest BCUT2D eigenvalue weighted by molar-refractivity contribution is 0.185. The van der Waals surface area contributed by atoms with Gasteiger partial charge in [-0.1, -0.05) is 26.5 Å². The van der Waals surface area contributed by atoms with Gasteiger partial charge >= 0.3 is 0 Å². The Balaban J connectivity index is 2.38. The van der Waals surface area contributed by atoms with Crippen molar-refractivity contribution in [2.75, 3.05) is 13.7 Å². The van der Waals surface area contributed by atoms with Crippen molar-refractivity contribution in [1.82, 2.24) is 0 Å². The summed E-state index contributed by atoms with van der Waals surface area (Å²) in [6.45, 7) is 9.93. The van der Waals surface area contributed by atoms with Crippen molar-refractivity contribution in [2.45, 2.75) is 37.4 Å². The summed E-state index contributed by atoms with van der Waals surface area (Å²) in [6, 6.07) is 2.96. The summed E-state index contributed by atoms with van der Waals surface area (Å²) in [5.74, 6) is -1.41. The van der Waals surface area contributed by atoms with Gasteiger partial charge in [-0.15, -0.1) is 11.8 Å². The Bertz CT molecular complexity index is 603. The maximum atomic E-state index is 14.3. The number of nitrogens with two attached hydrogens (primary N) is 1. The molecule has 2 rings (SSSR count). The fraction of sp³-hybridized carbons (Fsp3) is 0.529. The normalized spacial score (nSPS) is 24.4. The Morgan fingerprint density at radius 2 is 2.14 bits per heavy atom.